The Kier molecular flexibility index (Phi) is 4.19. The van der Waals surface area contributed by atoms with Gasteiger partial charge in [-0.1, -0.05) is 29.8 Å². The predicted molar refractivity (Wildman–Crippen MR) is 80.9 cm³/mol. The summed E-state index contributed by atoms with van der Waals surface area (Å²) in [6.45, 7) is 6.60. The Labute approximate surface area is 122 Å². The molecule has 104 valence electrons. The van der Waals surface area contributed by atoms with E-state index in [1.807, 2.05) is 6.07 Å². The molecule has 19 heavy (non-hydrogen) atoms. The smallest absolute Gasteiger partial charge is 0.335 e. The lowest BCUT2D eigenvalue weighted by Gasteiger charge is -2.25. The monoisotopic (exact) mass is 325 g/mol. The van der Waals surface area contributed by atoms with Crippen LogP contribution < -0.4 is 4.90 Å². The summed E-state index contributed by atoms with van der Waals surface area (Å²) in [5, 5.41) is 9.13. The predicted octanol–water partition coefficient (Wildman–Crippen LogP) is 4.16. The summed E-state index contributed by atoms with van der Waals surface area (Å²) in [6.07, 6.45) is 3.52. The summed E-state index contributed by atoms with van der Waals surface area (Å²) < 4.78 is 0.825. The number of hydrogen-bond acceptors (Lipinski definition) is 2. The van der Waals surface area contributed by atoms with Gasteiger partial charge in [0.15, 0.2) is 0 Å². The van der Waals surface area contributed by atoms with Crippen molar-refractivity contribution in [3.63, 3.8) is 0 Å². The van der Waals surface area contributed by atoms with Gasteiger partial charge in [-0.2, -0.15) is 0 Å². The molecule has 0 saturated carbocycles. The molecule has 1 fully saturated rings. The minimum Gasteiger partial charge on any atom is -0.478 e. The first-order valence-corrected chi connectivity index (χ1v) is 7.45. The van der Waals surface area contributed by atoms with Gasteiger partial charge < -0.3 is 10.0 Å². The molecule has 1 saturated heterocycles. The fourth-order valence-corrected chi connectivity index (χ4v) is 3.04. The van der Waals surface area contributed by atoms with Crippen LogP contribution in [0.3, 0.4) is 0 Å². The van der Waals surface area contributed by atoms with Crippen molar-refractivity contribution in [1.82, 2.24) is 0 Å². The molecule has 1 aliphatic heterocycles. The molecule has 0 spiro atoms. The van der Waals surface area contributed by atoms with Crippen molar-refractivity contribution in [2.45, 2.75) is 33.1 Å². The van der Waals surface area contributed by atoms with Gasteiger partial charge in [0.05, 0.1) is 5.56 Å². The molecule has 0 amide bonds. The molecule has 0 unspecified atom stereocenters. The first-order chi connectivity index (χ1) is 8.87. The maximum absolute atomic E-state index is 11.1. The number of aromatic carboxylic acids is 1. The molecule has 1 aromatic rings. The van der Waals surface area contributed by atoms with E-state index in [0.717, 1.165) is 36.1 Å². The number of halogens is 1. The summed E-state index contributed by atoms with van der Waals surface area (Å²) >= 11 is 3.40. The number of carbonyl (C=O) groups is 1. The minimum absolute atomic E-state index is 0.341. The lowest BCUT2D eigenvalue weighted by atomic mass is 9.85. The van der Waals surface area contributed by atoms with Crippen molar-refractivity contribution >= 4 is 27.6 Å². The molecule has 4 heteroatoms. The van der Waals surface area contributed by atoms with Crippen molar-refractivity contribution in [3.8, 4) is 0 Å². The zero-order valence-corrected chi connectivity index (χ0v) is 13.0. The van der Waals surface area contributed by atoms with E-state index in [1.165, 1.54) is 6.42 Å². The molecule has 2 rings (SSSR count). The van der Waals surface area contributed by atoms with Gasteiger partial charge in [-0.15, -0.1) is 0 Å². The first-order valence-electron chi connectivity index (χ1n) is 6.66. The summed E-state index contributed by atoms with van der Waals surface area (Å²) in [7, 11) is 0. The number of carboxylic acid groups (broad SMARTS) is 1. The summed E-state index contributed by atoms with van der Waals surface area (Å²) in [5.74, 6) is -0.877. The molecular weight excluding hydrogens is 306 g/mol. The second-order valence-electron chi connectivity index (χ2n) is 6.01. The van der Waals surface area contributed by atoms with Crippen LogP contribution in [-0.4, -0.2) is 24.2 Å². The van der Waals surface area contributed by atoms with Crippen molar-refractivity contribution < 1.29 is 9.90 Å². The molecule has 0 atom stereocenters. The number of carboxylic acids is 1. The van der Waals surface area contributed by atoms with Gasteiger partial charge in [-0.3, -0.25) is 0 Å². The molecule has 0 bridgehead atoms. The van der Waals surface area contributed by atoms with Gasteiger partial charge in [0.1, 0.15) is 0 Å². The highest BCUT2D eigenvalue weighted by molar-refractivity contribution is 9.10. The Morgan fingerprint density at radius 2 is 2.00 bits per heavy atom. The van der Waals surface area contributed by atoms with Gasteiger partial charge in [0.2, 0.25) is 0 Å². The van der Waals surface area contributed by atoms with Gasteiger partial charge in [-0.25, -0.2) is 4.79 Å². The van der Waals surface area contributed by atoms with E-state index in [0.29, 0.717) is 11.0 Å². The van der Waals surface area contributed by atoms with Gasteiger partial charge in [0, 0.05) is 23.2 Å². The zero-order valence-electron chi connectivity index (χ0n) is 11.4. The minimum atomic E-state index is -0.877. The van der Waals surface area contributed by atoms with Crippen LogP contribution in [0, 0.1) is 5.41 Å². The fourth-order valence-electron chi connectivity index (χ4n) is 2.56. The molecule has 0 aromatic heterocycles. The highest BCUT2D eigenvalue weighted by atomic mass is 79.9. The van der Waals surface area contributed by atoms with E-state index in [4.69, 9.17) is 5.11 Å². The summed E-state index contributed by atoms with van der Waals surface area (Å²) in [5.41, 5.74) is 1.73. The van der Waals surface area contributed by atoms with Gasteiger partial charge in [-0.05, 0) is 42.9 Å². The molecule has 0 aliphatic carbocycles. The van der Waals surface area contributed by atoms with Crippen molar-refractivity contribution in [2.75, 3.05) is 18.0 Å². The van der Waals surface area contributed by atoms with Gasteiger partial charge in [0.25, 0.3) is 0 Å². The van der Waals surface area contributed by atoms with E-state index in [-0.39, 0.29) is 0 Å². The second-order valence-corrected chi connectivity index (χ2v) is 6.92. The summed E-state index contributed by atoms with van der Waals surface area (Å²) in [6, 6.07) is 5.42. The molecule has 1 aromatic carbocycles. The largest absolute Gasteiger partial charge is 0.478 e. The third-order valence-electron chi connectivity index (χ3n) is 3.83. The van der Waals surface area contributed by atoms with Crippen molar-refractivity contribution in [3.05, 3.63) is 28.2 Å². The molecule has 1 aliphatic rings. The van der Waals surface area contributed by atoms with E-state index in [1.54, 1.807) is 12.1 Å². The van der Waals surface area contributed by atoms with Crippen molar-refractivity contribution in [2.24, 2.45) is 5.41 Å². The number of anilines is 1. The van der Waals surface area contributed by atoms with E-state index in [2.05, 4.69) is 34.7 Å². The van der Waals surface area contributed by atoms with Crippen LogP contribution in [0.25, 0.3) is 0 Å². The third-order valence-corrected chi connectivity index (χ3v) is 4.29. The molecular formula is C15H20BrNO2. The topological polar surface area (TPSA) is 40.5 Å². The molecule has 0 radical (unpaired) electrons. The number of nitrogens with zero attached hydrogens (tertiary/aromatic N) is 1. The van der Waals surface area contributed by atoms with Crippen LogP contribution in [0.1, 0.15) is 43.5 Å². The van der Waals surface area contributed by atoms with Crippen LogP contribution in [0.4, 0.5) is 5.69 Å². The maximum atomic E-state index is 11.1. The first kappa shape index (κ1) is 14.4. The van der Waals surface area contributed by atoms with Gasteiger partial charge >= 0.3 is 5.97 Å². The highest BCUT2D eigenvalue weighted by Gasteiger charge is 2.23. The average molecular weight is 326 g/mol. The van der Waals surface area contributed by atoms with Crippen LogP contribution >= 0.6 is 15.9 Å². The molecule has 1 heterocycles. The lowest BCUT2D eigenvalue weighted by Crippen LogP contribution is -2.25. The maximum Gasteiger partial charge on any atom is 0.335 e. The summed E-state index contributed by atoms with van der Waals surface area (Å²) in [4.78, 5) is 13.4. The quantitative estimate of drug-likeness (QED) is 0.887. The number of rotatable bonds is 2. The van der Waals surface area contributed by atoms with Crippen LogP contribution in [0.5, 0.6) is 0 Å². The van der Waals surface area contributed by atoms with Crippen LogP contribution in [0.15, 0.2) is 22.7 Å². The third kappa shape index (κ3) is 3.72. The SMILES string of the molecule is CC1(C)CCCN(c2cc(Br)cc(C(=O)O)c2)CC1. The van der Waals surface area contributed by atoms with E-state index in [9.17, 15) is 4.79 Å². The average Bonchev–Trinajstić information content (AvgIpc) is 2.49. The van der Waals surface area contributed by atoms with Crippen LogP contribution in [-0.2, 0) is 0 Å². The van der Waals surface area contributed by atoms with Crippen LogP contribution in [0.2, 0.25) is 0 Å². The normalized spacial score (nSPS) is 19.0. The zero-order chi connectivity index (χ0) is 14.0. The standard InChI is InChI=1S/C15H20BrNO2/c1-15(2)4-3-6-17(7-5-15)13-9-11(14(18)19)8-12(16)10-13/h8-10H,3-7H2,1-2H3,(H,18,19). The highest BCUT2D eigenvalue weighted by Crippen LogP contribution is 2.32. The van der Waals surface area contributed by atoms with E-state index >= 15 is 0 Å². The Morgan fingerprint density at radius 3 is 2.68 bits per heavy atom. The Bertz CT molecular complexity index is 485. The second kappa shape index (κ2) is 5.53. The van der Waals surface area contributed by atoms with Crippen molar-refractivity contribution in [1.29, 1.82) is 0 Å². The van der Waals surface area contributed by atoms with E-state index < -0.39 is 5.97 Å². The Hall–Kier alpha value is -1.03. The number of benzene rings is 1. The Morgan fingerprint density at radius 1 is 1.26 bits per heavy atom. The lowest BCUT2D eigenvalue weighted by molar-refractivity contribution is 0.0697. The molecule has 3 nitrogen and oxygen atoms in total. The number of hydrogen-bond donors (Lipinski definition) is 1. The fraction of sp³-hybridized carbons (Fsp3) is 0.533. The molecule has 1 N–H and O–H groups in total. The Balaban J connectivity index is 2.24.